The smallest absolute Gasteiger partial charge is 0.124 e. The predicted molar refractivity (Wildman–Crippen MR) is 51.6 cm³/mol. The van der Waals surface area contributed by atoms with Crippen LogP contribution in [0.15, 0.2) is 5.38 Å². The first-order valence-electron chi connectivity index (χ1n) is 4.13. The van der Waals surface area contributed by atoms with Crippen LogP contribution >= 0.6 is 11.3 Å². The molecule has 1 N–H and O–H groups in total. The molecule has 13 heavy (non-hydrogen) atoms. The Morgan fingerprint density at radius 1 is 1.77 bits per heavy atom. The molecule has 1 aromatic heterocycles. The molecule has 2 rings (SSSR count). The second-order valence-electron chi connectivity index (χ2n) is 2.80. The molecule has 0 bridgehead atoms. The molecule has 1 saturated heterocycles. The van der Waals surface area contributed by atoms with Crippen molar-refractivity contribution in [1.82, 2.24) is 10.3 Å². The monoisotopic (exact) mass is 194 g/mol. The van der Waals surface area contributed by atoms with E-state index in [0.29, 0.717) is 12.3 Å². The lowest BCUT2D eigenvalue weighted by atomic mass is 10.3. The molecule has 1 atom stereocenters. The van der Waals surface area contributed by atoms with Crippen LogP contribution in [-0.4, -0.2) is 24.7 Å². The second kappa shape index (κ2) is 3.88. The van der Waals surface area contributed by atoms with Crippen LogP contribution in [-0.2, 0) is 4.74 Å². The van der Waals surface area contributed by atoms with Crippen molar-refractivity contribution in [1.29, 1.82) is 0 Å². The quantitative estimate of drug-likeness (QED) is 0.671. The fourth-order valence-corrected chi connectivity index (χ4v) is 2.06. The molecule has 0 aromatic carbocycles. The SMILES string of the molecule is C#Cc1csc(C2COCCN2)n1. The van der Waals surface area contributed by atoms with Crippen LogP contribution in [0.2, 0.25) is 0 Å². The van der Waals surface area contributed by atoms with Gasteiger partial charge in [0.15, 0.2) is 0 Å². The Labute approximate surface area is 81.1 Å². The lowest BCUT2D eigenvalue weighted by Gasteiger charge is -2.21. The van der Waals surface area contributed by atoms with Crippen molar-refractivity contribution in [3.05, 3.63) is 16.1 Å². The molecular weight excluding hydrogens is 184 g/mol. The van der Waals surface area contributed by atoms with Crippen molar-refractivity contribution >= 4 is 11.3 Å². The summed E-state index contributed by atoms with van der Waals surface area (Å²) in [4.78, 5) is 4.29. The summed E-state index contributed by atoms with van der Waals surface area (Å²) in [6.45, 7) is 2.36. The normalized spacial score (nSPS) is 22.5. The minimum atomic E-state index is 0.223. The fourth-order valence-electron chi connectivity index (χ4n) is 1.24. The number of nitrogens with one attached hydrogen (secondary N) is 1. The molecule has 0 radical (unpaired) electrons. The average molecular weight is 194 g/mol. The van der Waals surface area contributed by atoms with Gasteiger partial charge in [-0.2, -0.15) is 0 Å². The van der Waals surface area contributed by atoms with E-state index in [9.17, 15) is 0 Å². The topological polar surface area (TPSA) is 34.1 Å². The average Bonchev–Trinajstić information content (AvgIpc) is 2.67. The van der Waals surface area contributed by atoms with E-state index >= 15 is 0 Å². The van der Waals surface area contributed by atoms with Crippen molar-refractivity contribution in [2.45, 2.75) is 6.04 Å². The summed E-state index contributed by atoms with van der Waals surface area (Å²) in [6.07, 6.45) is 5.24. The van der Waals surface area contributed by atoms with E-state index in [4.69, 9.17) is 11.2 Å². The van der Waals surface area contributed by atoms with Gasteiger partial charge in [-0.15, -0.1) is 17.8 Å². The molecule has 0 aliphatic carbocycles. The summed E-state index contributed by atoms with van der Waals surface area (Å²) in [5.41, 5.74) is 0.715. The summed E-state index contributed by atoms with van der Waals surface area (Å²) in [6, 6.07) is 0.223. The van der Waals surface area contributed by atoms with E-state index in [1.165, 1.54) is 0 Å². The van der Waals surface area contributed by atoms with Gasteiger partial charge in [-0.05, 0) is 5.92 Å². The van der Waals surface area contributed by atoms with Gasteiger partial charge in [0.25, 0.3) is 0 Å². The van der Waals surface area contributed by atoms with Crippen molar-refractivity contribution in [3.8, 4) is 12.3 Å². The fraction of sp³-hybridized carbons (Fsp3) is 0.444. The maximum atomic E-state index is 5.33. The number of hydrogen-bond donors (Lipinski definition) is 1. The first-order valence-corrected chi connectivity index (χ1v) is 5.01. The molecule has 0 amide bonds. The van der Waals surface area contributed by atoms with Gasteiger partial charge < -0.3 is 10.1 Å². The van der Waals surface area contributed by atoms with Gasteiger partial charge in [0, 0.05) is 11.9 Å². The summed E-state index contributed by atoms with van der Waals surface area (Å²) >= 11 is 1.58. The van der Waals surface area contributed by atoms with Crippen LogP contribution in [0.25, 0.3) is 0 Å². The number of rotatable bonds is 1. The van der Waals surface area contributed by atoms with Crippen LogP contribution in [0.4, 0.5) is 0 Å². The maximum Gasteiger partial charge on any atom is 0.124 e. The molecular formula is C9H10N2OS. The number of hydrogen-bond acceptors (Lipinski definition) is 4. The molecule has 1 fully saturated rings. The van der Waals surface area contributed by atoms with Crippen molar-refractivity contribution in [2.24, 2.45) is 0 Å². The highest BCUT2D eigenvalue weighted by Gasteiger charge is 2.17. The van der Waals surface area contributed by atoms with Crippen LogP contribution in [0.1, 0.15) is 16.7 Å². The number of thiazole rings is 1. The largest absolute Gasteiger partial charge is 0.378 e. The Bertz CT molecular complexity index is 323. The lowest BCUT2D eigenvalue weighted by Crippen LogP contribution is -2.34. The van der Waals surface area contributed by atoms with Gasteiger partial charge in [-0.1, -0.05) is 0 Å². The molecule has 1 aliphatic heterocycles. The molecule has 1 aliphatic rings. The Balaban J connectivity index is 2.11. The zero-order valence-electron chi connectivity index (χ0n) is 7.12. The first kappa shape index (κ1) is 8.70. The van der Waals surface area contributed by atoms with Crippen molar-refractivity contribution in [3.63, 3.8) is 0 Å². The summed E-state index contributed by atoms with van der Waals surface area (Å²) in [5.74, 6) is 2.52. The molecule has 2 heterocycles. The molecule has 3 nitrogen and oxygen atoms in total. The third-order valence-corrected chi connectivity index (χ3v) is 2.85. The van der Waals surface area contributed by atoms with E-state index in [-0.39, 0.29) is 6.04 Å². The lowest BCUT2D eigenvalue weighted by molar-refractivity contribution is 0.0768. The molecule has 1 unspecified atom stereocenters. The number of aromatic nitrogens is 1. The molecule has 0 spiro atoms. The molecule has 0 saturated carbocycles. The Hall–Kier alpha value is -0.890. The number of morpholine rings is 1. The minimum absolute atomic E-state index is 0.223. The van der Waals surface area contributed by atoms with Gasteiger partial charge >= 0.3 is 0 Å². The summed E-state index contributed by atoms with van der Waals surface area (Å²) in [5, 5.41) is 6.24. The number of ether oxygens (including phenoxy) is 1. The van der Waals surface area contributed by atoms with E-state index in [1.807, 2.05) is 5.38 Å². The van der Waals surface area contributed by atoms with E-state index in [1.54, 1.807) is 11.3 Å². The summed E-state index contributed by atoms with van der Waals surface area (Å²) in [7, 11) is 0. The molecule has 4 heteroatoms. The van der Waals surface area contributed by atoms with Crippen LogP contribution < -0.4 is 5.32 Å². The van der Waals surface area contributed by atoms with E-state index < -0.39 is 0 Å². The highest BCUT2D eigenvalue weighted by molar-refractivity contribution is 7.09. The van der Waals surface area contributed by atoms with Crippen molar-refractivity contribution < 1.29 is 4.74 Å². The minimum Gasteiger partial charge on any atom is -0.378 e. The highest BCUT2D eigenvalue weighted by Crippen LogP contribution is 2.19. The second-order valence-corrected chi connectivity index (χ2v) is 3.69. The standard InChI is InChI=1S/C9H10N2OS/c1-2-7-6-13-9(11-7)8-5-12-4-3-10-8/h1,6,8,10H,3-5H2. The first-order chi connectivity index (χ1) is 6.40. The van der Waals surface area contributed by atoms with Gasteiger partial charge in [-0.25, -0.2) is 4.98 Å². The highest BCUT2D eigenvalue weighted by atomic mass is 32.1. The molecule has 1 aromatic rings. The van der Waals surface area contributed by atoms with Crippen LogP contribution in [0, 0.1) is 12.3 Å². The number of nitrogens with zero attached hydrogens (tertiary/aromatic N) is 1. The number of terminal acetylenes is 1. The third-order valence-electron chi connectivity index (χ3n) is 1.89. The van der Waals surface area contributed by atoms with Gasteiger partial charge in [0.2, 0.25) is 0 Å². The van der Waals surface area contributed by atoms with Crippen molar-refractivity contribution in [2.75, 3.05) is 19.8 Å². The Morgan fingerprint density at radius 2 is 2.69 bits per heavy atom. The van der Waals surface area contributed by atoms with E-state index in [0.717, 1.165) is 18.2 Å². The summed E-state index contributed by atoms with van der Waals surface area (Å²) < 4.78 is 5.33. The van der Waals surface area contributed by atoms with Gasteiger partial charge in [0.05, 0.1) is 19.3 Å². The van der Waals surface area contributed by atoms with Crippen LogP contribution in [0.5, 0.6) is 0 Å². The van der Waals surface area contributed by atoms with Gasteiger partial charge in [0.1, 0.15) is 10.7 Å². The van der Waals surface area contributed by atoms with Gasteiger partial charge in [-0.3, -0.25) is 0 Å². The zero-order chi connectivity index (χ0) is 9.10. The van der Waals surface area contributed by atoms with E-state index in [2.05, 4.69) is 16.2 Å². The Kier molecular flexibility index (Phi) is 2.60. The molecule has 68 valence electrons. The Morgan fingerprint density at radius 3 is 3.31 bits per heavy atom. The predicted octanol–water partition coefficient (Wildman–Crippen LogP) is 0.785. The maximum absolute atomic E-state index is 5.33. The zero-order valence-corrected chi connectivity index (χ0v) is 7.93. The van der Waals surface area contributed by atoms with Crippen LogP contribution in [0.3, 0.4) is 0 Å². The third kappa shape index (κ3) is 1.89.